The Hall–Kier alpha value is -2.28. The summed E-state index contributed by atoms with van der Waals surface area (Å²) in [5, 5.41) is 5.08. The summed E-state index contributed by atoms with van der Waals surface area (Å²) in [7, 11) is 5.07. The van der Waals surface area contributed by atoms with E-state index in [1.807, 2.05) is 25.2 Å². The van der Waals surface area contributed by atoms with Crippen molar-refractivity contribution >= 4 is 11.9 Å². The fraction of sp³-hybridized carbons (Fsp3) is 0.500. The number of hydrogen-bond acceptors (Lipinski definition) is 4. The van der Waals surface area contributed by atoms with Gasteiger partial charge in [0.25, 0.3) is 5.91 Å². The van der Waals surface area contributed by atoms with Gasteiger partial charge in [0.15, 0.2) is 18.0 Å². The minimum atomic E-state index is -0.406. The minimum Gasteiger partial charge on any atom is -0.493 e. The van der Waals surface area contributed by atoms with Gasteiger partial charge in [0, 0.05) is 11.6 Å². The lowest BCUT2D eigenvalue weighted by molar-refractivity contribution is -0.885. The molecule has 0 saturated heterocycles. The molecule has 1 aliphatic carbocycles. The molecule has 0 bridgehead atoms. The van der Waals surface area contributed by atoms with Gasteiger partial charge in [0.2, 0.25) is 0 Å². The van der Waals surface area contributed by atoms with Crippen LogP contribution in [0.2, 0.25) is 0 Å². The summed E-state index contributed by atoms with van der Waals surface area (Å²) in [6.07, 6.45) is 1.98. The van der Waals surface area contributed by atoms with Crippen molar-refractivity contribution in [2.45, 2.75) is 25.4 Å². The molecule has 0 spiro atoms. The Morgan fingerprint density at radius 3 is 2.52 bits per heavy atom. The molecule has 1 aliphatic rings. The number of rotatable bonds is 7. The largest absolute Gasteiger partial charge is 0.493 e. The van der Waals surface area contributed by atoms with Gasteiger partial charge in [-0.25, -0.2) is 4.79 Å². The van der Waals surface area contributed by atoms with Gasteiger partial charge >= 0.3 is 6.03 Å². The summed E-state index contributed by atoms with van der Waals surface area (Å²) in [6, 6.07) is 5.49. The zero-order valence-corrected chi connectivity index (χ0v) is 13.8. The van der Waals surface area contributed by atoms with Crippen molar-refractivity contribution in [1.29, 1.82) is 0 Å². The second kappa shape index (κ2) is 7.82. The highest BCUT2D eigenvalue weighted by molar-refractivity contribution is 5.94. The van der Waals surface area contributed by atoms with Crippen molar-refractivity contribution in [3.8, 4) is 11.5 Å². The van der Waals surface area contributed by atoms with Crippen LogP contribution in [0.25, 0.3) is 0 Å². The topological polar surface area (TPSA) is 81.1 Å². The van der Waals surface area contributed by atoms with Crippen LogP contribution in [0.1, 0.15) is 18.4 Å². The van der Waals surface area contributed by atoms with E-state index in [0.717, 1.165) is 23.3 Å². The van der Waals surface area contributed by atoms with Crippen LogP contribution in [0.5, 0.6) is 11.5 Å². The molecule has 7 heteroatoms. The Morgan fingerprint density at radius 1 is 1.22 bits per heavy atom. The summed E-state index contributed by atoms with van der Waals surface area (Å²) in [6.45, 7) is 0.852. The number of urea groups is 1. The van der Waals surface area contributed by atoms with E-state index >= 15 is 0 Å². The number of amides is 3. The van der Waals surface area contributed by atoms with E-state index in [9.17, 15) is 9.59 Å². The number of carbonyl (C=O) groups is 2. The van der Waals surface area contributed by atoms with Crippen molar-refractivity contribution in [2.24, 2.45) is 0 Å². The summed E-state index contributed by atoms with van der Waals surface area (Å²) in [4.78, 5) is 24.3. The van der Waals surface area contributed by atoms with Crippen molar-refractivity contribution < 1.29 is 24.0 Å². The highest BCUT2D eigenvalue weighted by Crippen LogP contribution is 2.27. The Bertz CT molecular complexity index is 572. The zero-order valence-electron chi connectivity index (χ0n) is 13.8. The van der Waals surface area contributed by atoms with Gasteiger partial charge in [-0.05, 0) is 31.0 Å². The molecule has 2 rings (SSSR count). The first-order valence-electron chi connectivity index (χ1n) is 7.64. The third kappa shape index (κ3) is 5.45. The number of ether oxygens (including phenoxy) is 2. The fourth-order valence-electron chi connectivity index (χ4n) is 2.30. The fourth-order valence-corrected chi connectivity index (χ4v) is 2.30. The smallest absolute Gasteiger partial charge is 0.321 e. The summed E-state index contributed by atoms with van der Waals surface area (Å²) < 4.78 is 10.5. The number of likely N-dealkylation sites (N-methyl/N-ethyl adjacent to an activating group) is 1. The van der Waals surface area contributed by atoms with E-state index in [2.05, 4.69) is 10.6 Å². The molecule has 1 unspecified atom stereocenters. The molecule has 0 aliphatic heterocycles. The molecule has 0 radical (unpaired) electrons. The summed E-state index contributed by atoms with van der Waals surface area (Å²) in [5.74, 6) is 1.04. The lowest BCUT2D eigenvalue weighted by atomic mass is 10.2. The van der Waals surface area contributed by atoms with Crippen LogP contribution in [-0.2, 0) is 11.3 Å². The van der Waals surface area contributed by atoms with Gasteiger partial charge in [-0.2, -0.15) is 0 Å². The van der Waals surface area contributed by atoms with Crippen LogP contribution in [-0.4, -0.2) is 45.8 Å². The summed E-state index contributed by atoms with van der Waals surface area (Å²) >= 11 is 0. The molecule has 7 nitrogen and oxygen atoms in total. The van der Waals surface area contributed by atoms with E-state index < -0.39 is 6.03 Å². The van der Waals surface area contributed by atoms with E-state index in [4.69, 9.17) is 9.47 Å². The van der Waals surface area contributed by atoms with E-state index in [-0.39, 0.29) is 18.5 Å². The van der Waals surface area contributed by atoms with E-state index in [0.29, 0.717) is 18.0 Å². The standard InChI is InChI=1S/C16H23N3O4/c1-19(10-15(20)18-16(21)17-12-5-6-12)9-11-4-7-13(22-2)14(8-11)23-3/h4,7-8,12H,5-6,9-10H2,1-3H3,(H2,17,18,20,21)/p+1. The number of benzene rings is 1. The SMILES string of the molecule is COc1ccc(C[NH+](C)CC(=O)NC(=O)NC2CC2)cc1OC. The van der Waals surface area contributed by atoms with Crippen molar-refractivity contribution in [1.82, 2.24) is 10.6 Å². The molecular formula is C16H24N3O4+. The van der Waals surface area contributed by atoms with Gasteiger partial charge in [-0.1, -0.05) is 0 Å². The van der Waals surface area contributed by atoms with Gasteiger partial charge < -0.3 is 19.7 Å². The molecule has 23 heavy (non-hydrogen) atoms. The number of carbonyl (C=O) groups excluding carboxylic acids is 2. The maximum atomic E-state index is 11.8. The molecule has 3 amide bonds. The number of imide groups is 1. The first-order chi connectivity index (χ1) is 11.0. The number of nitrogens with one attached hydrogen (secondary N) is 3. The van der Waals surface area contributed by atoms with Gasteiger partial charge in [0.1, 0.15) is 6.54 Å². The van der Waals surface area contributed by atoms with Crippen molar-refractivity contribution in [3.05, 3.63) is 23.8 Å². The molecule has 1 aromatic rings. The highest BCUT2D eigenvalue weighted by Gasteiger charge is 2.24. The monoisotopic (exact) mass is 322 g/mol. The lowest BCUT2D eigenvalue weighted by Gasteiger charge is -2.15. The predicted octanol–water partition coefficient (Wildman–Crippen LogP) is -0.293. The van der Waals surface area contributed by atoms with Crippen LogP contribution in [0, 0.1) is 0 Å². The number of methoxy groups -OCH3 is 2. The van der Waals surface area contributed by atoms with E-state index in [1.165, 1.54) is 0 Å². The minimum absolute atomic E-state index is 0.215. The normalized spacial score (nSPS) is 14.7. The van der Waals surface area contributed by atoms with Crippen LogP contribution in [0.3, 0.4) is 0 Å². The first-order valence-corrected chi connectivity index (χ1v) is 7.64. The molecule has 0 aromatic heterocycles. The predicted molar refractivity (Wildman–Crippen MR) is 84.7 cm³/mol. The van der Waals surface area contributed by atoms with Crippen LogP contribution in [0.15, 0.2) is 18.2 Å². The van der Waals surface area contributed by atoms with Crippen molar-refractivity contribution in [2.75, 3.05) is 27.8 Å². The average Bonchev–Trinajstić information content (AvgIpc) is 3.30. The molecule has 1 saturated carbocycles. The third-order valence-corrected chi connectivity index (χ3v) is 3.58. The molecule has 3 N–H and O–H groups in total. The highest BCUT2D eigenvalue weighted by atomic mass is 16.5. The number of hydrogen-bond donors (Lipinski definition) is 3. The second-order valence-electron chi connectivity index (χ2n) is 5.80. The van der Waals surface area contributed by atoms with Crippen LogP contribution in [0.4, 0.5) is 4.79 Å². The first kappa shape index (κ1) is 17.1. The van der Waals surface area contributed by atoms with Crippen LogP contribution < -0.4 is 25.0 Å². The Labute approximate surface area is 135 Å². The maximum absolute atomic E-state index is 11.8. The van der Waals surface area contributed by atoms with Gasteiger partial charge in [0.05, 0.1) is 21.3 Å². The van der Waals surface area contributed by atoms with E-state index in [1.54, 1.807) is 14.2 Å². The molecule has 126 valence electrons. The quantitative estimate of drug-likeness (QED) is 0.644. The maximum Gasteiger partial charge on any atom is 0.321 e. The third-order valence-electron chi connectivity index (χ3n) is 3.58. The Balaban J connectivity index is 1.82. The Kier molecular flexibility index (Phi) is 5.81. The van der Waals surface area contributed by atoms with Gasteiger partial charge in [-0.3, -0.25) is 10.1 Å². The van der Waals surface area contributed by atoms with Gasteiger partial charge in [-0.15, -0.1) is 0 Å². The average molecular weight is 322 g/mol. The lowest BCUT2D eigenvalue weighted by Crippen LogP contribution is -3.09. The summed E-state index contributed by atoms with van der Waals surface area (Å²) in [5.41, 5.74) is 1.02. The molecular weight excluding hydrogens is 298 g/mol. The molecule has 1 atom stereocenters. The zero-order chi connectivity index (χ0) is 16.8. The number of quaternary nitrogens is 1. The molecule has 1 aromatic carbocycles. The van der Waals surface area contributed by atoms with Crippen molar-refractivity contribution in [3.63, 3.8) is 0 Å². The van der Waals surface area contributed by atoms with Crippen LogP contribution >= 0.6 is 0 Å². The Morgan fingerprint density at radius 2 is 1.91 bits per heavy atom. The molecule has 1 fully saturated rings. The molecule has 0 heterocycles. The second-order valence-corrected chi connectivity index (χ2v) is 5.80.